The molecule has 0 amide bonds. The van der Waals surface area contributed by atoms with Crippen LogP contribution in [-0.4, -0.2) is 54.4 Å². The molecule has 0 spiro atoms. The van der Waals surface area contributed by atoms with Crippen molar-refractivity contribution in [2.45, 2.75) is 17.4 Å². The number of methoxy groups -OCH3 is 1. The van der Waals surface area contributed by atoms with Gasteiger partial charge in [-0.1, -0.05) is 5.16 Å². The van der Waals surface area contributed by atoms with Gasteiger partial charge in [-0.15, -0.1) is 10.2 Å². The highest BCUT2D eigenvalue weighted by molar-refractivity contribution is 7.89. The summed E-state index contributed by atoms with van der Waals surface area (Å²) in [6, 6.07) is 3.26. The first-order valence-corrected chi connectivity index (χ1v) is 7.97. The zero-order valence-electron chi connectivity index (χ0n) is 11.7. The average molecular weight is 326 g/mol. The van der Waals surface area contributed by atoms with Crippen LogP contribution < -0.4 is 9.47 Å². The quantitative estimate of drug-likeness (QED) is 0.773. The average Bonchev–Trinajstić information content (AvgIpc) is 3.20. The first-order chi connectivity index (χ1) is 10.6. The minimum Gasteiger partial charge on any atom is -0.480 e. The highest BCUT2D eigenvalue weighted by Crippen LogP contribution is 2.23. The molecular formula is C12H14N4O5S. The van der Waals surface area contributed by atoms with E-state index in [1.165, 1.54) is 17.6 Å². The van der Waals surface area contributed by atoms with Crippen LogP contribution in [0, 0.1) is 0 Å². The van der Waals surface area contributed by atoms with Crippen LogP contribution in [-0.2, 0) is 10.0 Å². The van der Waals surface area contributed by atoms with Crippen LogP contribution in [0.15, 0.2) is 34.0 Å². The van der Waals surface area contributed by atoms with E-state index in [0.29, 0.717) is 24.7 Å². The number of rotatable bonds is 5. The van der Waals surface area contributed by atoms with Gasteiger partial charge in [0.2, 0.25) is 21.8 Å². The molecule has 9 nitrogen and oxygen atoms in total. The zero-order valence-corrected chi connectivity index (χ0v) is 12.6. The highest BCUT2D eigenvalue weighted by Gasteiger charge is 2.34. The van der Waals surface area contributed by atoms with E-state index in [0.717, 1.165) is 6.26 Å². The van der Waals surface area contributed by atoms with E-state index >= 15 is 0 Å². The fourth-order valence-electron chi connectivity index (χ4n) is 2.13. The molecule has 1 unspecified atom stereocenters. The molecule has 0 saturated carbocycles. The molecule has 0 aliphatic carbocycles. The van der Waals surface area contributed by atoms with Gasteiger partial charge < -0.3 is 14.0 Å². The van der Waals surface area contributed by atoms with Crippen LogP contribution in [0.1, 0.15) is 6.42 Å². The monoisotopic (exact) mass is 326 g/mol. The van der Waals surface area contributed by atoms with Crippen LogP contribution >= 0.6 is 0 Å². The lowest BCUT2D eigenvalue weighted by molar-refractivity contribution is 0.203. The number of nitrogens with zero attached hydrogens (tertiary/aromatic N) is 4. The summed E-state index contributed by atoms with van der Waals surface area (Å²) in [6.45, 7) is 0.600. The van der Waals surface area contributed by atoms with Gasteiger partial charge in [-0.3, -0.25) is 0 Å². The lowest BCUT2D eigenvalue weighted by Gasteiger charge is -2.15. The normalized spacial score (nSPS) is 19.2. The van der Waals surface area contributed by atoms with E-state index < -0.39 is 10.0 Å². The van der Waals surface area contributed by atoms with Gasteiger partial charge in [0, 0.05) is 18.7 Å². The van der Waals surface area contributed by atoms with Gasteiger partial charge in [-0.2, -0.15) is 4.31 Å². The van der Waals surface area contributed by atoms with E-state index in [1.807, 2.05) is 0 Å². The summed E-state index contributed by atoms with van der Waals surface area (Å²) in [5.74, 6) is 0.713. The van der Waals surface area contributed by atoms with E-state index in [2.05, 4.69) is 19.9 Å². The molecule has 2 aromatic rings. The topological polar surface area (TPSA) is 108 Å². The Balaban J connectivity index is 1.65. The van der Waals surface area contributed by atoms with E-state index in [4.69, 9.17) is 9.47 Å². The molecule has 1 saturated heterocycles. The number of aromatic nitrogens is 3. The van der Waals surface area contributed by atoms with Crippen LogP contribution in [0.25, 0.3) is 0 Å². The Morgan fingerprint density at radius 3 is 2.73 bits per heavy atom. The zero-order chi connectivity index (χ0) is 15.6. The molecular weight excluding hydrogens is 312 g/mol. The molecule has 0 radical (unpaired) electrons. The summed E-state index contributed by atoms with van der Waals surface area (Å²) in [7, 11) is -2.10. The second-order valence-electron chi connectivity index (χ2n) is 4.67. The van der Waals surface area contributed by atoms with Gasteiger partial charge in [0.1, 0.15) is 17.3 Å². The molecule has 22 heavy (non-hydrogen) atoms. The Bertz CT molecular complexity index is 716. The van der Waals surface area contributed by atoms with Crippen LogP contribution in [0.5, 0.6) is 11.8 Å². The molecule has 0 N–H and O–H groups in total. The second-order valence-corrected chi connectivity index (χ2v) is 6.60. The Hall–Kier alpha value is -2.20. The molecule has 1 atom stereocenters. The minimum atomic E-state index is -3.59. The minimum absolute atomic E-state index is 0.0392. The Labute approximate surface area is 126 Å². The lowest BCUT2D eigenvalue weighted by Crippen LogP contribution is -2.30. The van der Waals surface area contributed by atoms with Crippen LogP contribution in [0.4, 0.5) is 0 Å². The Kier molecular flexibility index (Phi) is 3.94. The number of hydrogen-bond donors (Lipinski definition) is 0. The third-order valence-electron chi connectivity index (χ3n) is 3.27. The van der Waals surface area contributed by atoms with Crippen molar-refractivity contribution >= 4 is 10.0 Å². The predicted molar refractivity (Wildman–Crippen MR) is 72.9 cm³/mol. The van der Waals surface area contributed by atoms with Gasteiger partial charge in [-0.25, -0.2) is 8.42 Å². The maximum absolute atomic E-state index is 12.3. The third-order valence-corrected chi connectivity index (χ3v) is 5.08. The first-order valence-electron chi connectivity index (χ1n) is 6.53. The molecule has 1 aliphatic rings. The van der Waals surface area contributed by atoms with Gasteiger partial charge in [0.15, 0.2) is 0 Å². The largest absolute Gasteiger partial charge is 0.480 e. The molecule has 118 valence electrons. The van der Waals surface area contributed by atoms with E-state index in [-0.39, 0.29) is 17.5 Å². The molecule has 2 aromatic heterocycles. The summed E-state index contributed by atoms with van der Waals surface area (Å²) in [4.78, 5) is 0.0392. The smallest absolute Gasteiger partial charge is 0.248 e. The molecule has 1 aliphatic heterocycles. The van der Waals surface area contributed by atoms with Crippen LogP contribution in [0.2, 0.25) is 0 Å². The molecule has 3 rings (SSSR count). The van der Waals surface area contributed by atoms with Crippen molar-refractivity contribution in [1.82, 2.24) is 19.7 Å². The van der Waals surface area contributed by atoms with E-state index in [1.54, 1.807) is 12.1 Å². The van der Waals surface area contributed by atoms with Gasteiger partial charge in [0.05, 0.1) is 19.9 Å². The Morgan fingerprint density at radius 1 is 1.32 bits per heavy atom. The van der Waals surface area contributed by atoms with Crippen molar-refractivity contribution in [3.05, 3.63) is 24.6 Å². The molecule has 10 heteroatoms. The highest BCUT2D eigenvalue weighted by atomic mass is 32.2. The summed E-state index contributed by atoms with van der Waals surface area (Å²) in [5.41, 5.74) is 0. The fourth-order valence-corrected chi connectivity index (χ4v) is 3.48. The van der Waals surface area contributed by atoms with Crippen molar-refractivity contribution in [3.8, 4) is 11.8 Å². The summed E-state index contributed by atoms with van der Waals surface area (Å²) in [6.07, 6.45) is 2.58. The maximum atomic E-state index is 12.3. The fraction of sp³-hybridized carbons (Fsp3) is 0.417. The summed E-state index contributed by atoms with van der Waals surface area (Å²) < 4.78 is 41.1. The molecule has 1 fully saturated rings. The predicted octanol–water partition coefficient (Wildman–Crippen LogP) is 0.315. The number of ether oxygens (including phenoxy) is 2. The van der Waals surface area contributed by atoms with Crippen molar-refractivity contribution in [1.29, 1.82) is 0 Å². The maximum Gasteiger partial charge on any atom is 0.248 e. The molecule has 0 aromatic carbocycles. The Morgan fingerprint density at radius 2 is 2.09 bits per heavy atom. The number of sulfonamides is 1. The molecule has 0 bridgehead atoms. The van der Waals surface area contributed by atoms with Gasteiger partial charge in [-0.05, 0) is 6.42 Å². The van der Waals surface area contributed by atoms with Crippen molar-refractivity contribution in [3.63, 3.8) is 0 Å². The van der Waals surface area contributed by atoms with Crippen LogP contribution in [0.3, 0.4) is 0 Å². The van der Waals surface area contributed by atoms with E-state index in [9.17, 15) is 8.42 Å². The van der Waals surface area contributed by atoms with Gasteiger partial charge >= 0.3 is 0 Å². The number of hydrogen-bond acceptors (Lipinski definition) is 8. The molecule has 3 heterocycles. The third kappa shape index (κ3) is 2.88. The van der Waals surface area contributed by atoms with Crippen molar-refractivity contribution < 1.29 is 22.4 Å². The van der Waals surface area contributed by atoms with Crippen molar-refractivity contribution in [2.24, 2.45) is 0 Å². The first kappa shape index (κ1) is 14.7. The SMILES string of the molecule is COc1ccc(OC2CCN(S(=O)(=O)c3cnoc3)C2)nn1. The lowest BCUT2D eigenvalue weighted by atomic mass is 10.3. The van der Waals surface area contributed by atoms with Crippen molar-refractivity contribution in [2.75, 3.05) is 20.2 Å². The summed E-state index contributed by atoms with van der Waals surface area (Å²) in [5, 5.41) is 11.1. The summed E-state index contributed by atoms with van der Waals surface area (Å²) >= 11 is 0. The standard InChI is InChI=1S/C12H14N4O5S/c1-19-11-2-3-12(15-14-11)21-9-4-5-16(7-9)22(17,18)10-6-13-20-8-10/h2-3,6,8-9H,4-5,7H2,1H3. The van der Waals surface area contributed by atoms with Gasteiger partial charge in [0.25, 0.3) is 0 Å². The second kappa shape index (κ2) is 5.89.